The molecule has 0 aromatic carbocycles. The predicted octanol–water partition coefficient (Wildman–Crippen LogP) is 1.05. The molecule has 2 amide bonds. The summed E-state index contributed by atoms with van der Waals surface area (Å²) in [5.41, 5.74) is 0.915. The molecule has 2 rings (SSSR count). The number of nitrogens with one attached hydrogen (secondary N) is 2. The zero-order valence-electron chi connectivity index (χ0n) is 14.4. The first-order chi connectivity index (χ1) is 11.4. The number of nitrogens with zero attached hydrogens (tertiary/aromatic N) is 2. The van der Waals surface area contributed by atoms with Crippen LogP contribution in [0.15, 0.2) is 17.5 Å². The molecule has 0 bridgehead atoms. The molecule has 0 aliphatic rings. The summed E-state index contributed by atoms with van der Waals surface area (Å²) in [6.07, 6.45) is 0. The van der Waals surface area contributed by atoms with Gasteiger partial charge in [-0.1, -0.05) is 6.07 Å². The molecule has 0 fully saturated rings. The fraction of sp³-hybridized carbons (Fsp3) is 0.438. The van der Waals surface area contributed by atoms with Crippen LogP contribution in [0.2, 0.25) is 0 Å². The Labute approximate surface area is 150 Å². The molecule has 0 radical (unpaired) electrons. The highest BCUT2D eigenvalue weighted by Gasteiger charge is 2.21. The SMILES string of the molecule is Cc1nc(NC(=O)CN(CC[NH+](C)C)C(=O)c2cccs2)sc1C. The number of rotatable bonds is 7. The highest BCUT2D eigenvalue weighted by molar-refractivity contribution is 7.15. The van der Waals surface area contributed by atoms with Crippen LogP contribution in [0.4, 0.5) is 5.13 Å². The van der Waals surface area contributed by atoms with Crippen LogP contribution in [0.1, 0.15) is 20.2 Å². The van der Waals surface area contributed by atoms with Crippen LogP contribution in [-0.2, 0) is 4.79 Å². The Morgan fingerprint density at radius 3 is 2.62 bits per heavy atom. The summed E-state index contributed by atoms with van der Waals surface area (Å²) in [6, 6.07) is 3.63. The Morgan fingerprint density at radius 2 is 2.08 bits per heavy atom. The lowest BCUT2D eigenvalue weighted by atomic mass is 10.3. The number of anilines is 1. The van der Waals surface area contributed by atoms with E-state index in [0.29, 0.717) is 16.6 Å². The maximum atomic E-state index is 12.6. The molecule has 0 saturated carbocycles. The molecule has 2 aromatic heterocycles. The second-order valence-electron chi connectivity index (χ2n) is 5.87. The second-order valence-corrected chi connectivity index (χ2v) is 8.02. The van der Waals surface area contributed by atoms with Gasteiger partial charge >= 0.3 is 0 Å². The number of aryl methyl sites for hydroxylation is 2. The maximum Gasteiger partial charge on any atom is 0.264 e. The fourth-order valence-corrected chi connectivity index (χ4v) is 3.55. The van der Waals surface area contributed by atoms with E-state index in [0.717, 1.165) is 17.1 Å². The lowest BCUT2D eigenvalue weighted by Gasteiger charge is -2.22. The molecule has 0 atom stereocenters. The van der Waals surface area contributed by atoms with Gasteiger partial charge < -0.3 is 15.1 Å². The van der Waals surface area contributed by atoms with E-state index >= 15 is 0 Å². The number of amides is 2. The van der Waals surface area contributed by atoms with Gasteiger partial charge in [0.25, 0.3) is 5.91 Å². The van der Waals surface area contributed by atoms with E-state index in [9.17, 15) is 9.59 Å². The van der Waals surface area contributed by atoms with Crippen molar-refractivity contribution in [2.75, 3.05) is 39.0 Å². The molecular weight excluding hydrogens is 344 g/mol. The number of likely N-dealkylation sites (N-methyl/N-ethyl adjacent to an activating group) is 1. The number of carbonyl (C=O) groups excluding carboxylic acids is 2. The van der Waals surface area contributed by atoms with Gasteiger partial charge in [0, 0.05) is 4.88 Å². The molecule has 2 aromatic rings. The summed E-state index contributed by atoms with van der Waals surface area (Å²) in [6.45, 7) is 5.22. The second kappa shape index (κ2) is 8.36. The molecular formula is C16H23N4O2S2+. The lowest BCUT2D eigenvalue weighted by Crippen LogP contribution is -3.06. The van der Waals surface area contributed by atoms with E-state index in [2.05, 4.69) is 10.3 Å². The Bertz CT molecular complexity index is 676. The average Bonchev–Trinajstić information content (AvgIpc) is 3.13. The van der Waals surface area contributed by atoms with Crippen LogP contribution in [-0.4, -0.2) is 55.4 Å². The van der Waals surface area contributed by atoms with Gasteiger partial charge in [0.15, 0.2) is 5.13 Å². The minimum atomic E-state index is -0.220. The number of thiophene rings is 1. The third kappa shape index (κ3) is 5.12. The van der Waals surface area contributed by atoms with E-state index in [-0.39, 0.29) is 18.4 Å². The standard InChI is InChI=1S/C16H22N4O2S2/c1-11-12(2)24-16(17-11)18-14(21)10-20(8-7-19(3)4)15(22)13-6-5-9-23-13/h5-6,9H,7-8,10H2,1-4H3,(H,17,18,21)/p+1. The Hall–Kier alpha value is -1.77. The molecule has 24 heavy (non-hydrogen) atoms. The summed E-state index contributed by atoms with van der Waals surface area (Å²) < 4.78 is 0. The van der Waals surface area contributed by atoms with Crippen LogP contribution in [0.5, 0.6) is 0 Å². The first-order valence-electron chi connectivity index (χ1n) is 7.72. The van der Waals surface area contributed by atoms with E-state index in [1.807, 2.05) is 39.4 Å². The minimum absolute atomic E-state index is 0.0295. The zero-order chi connectivity index (χ0) is 17.7. The number of thiazole rings is 1. The summed E-state index contributed by atoms with van der Waals surface area (Å²) in [5.74, 6) is -0.324. The molecule has 2 N–H and O–H groups in total. The summed E-state index contributed by atoms with van der Waals surface area (Å²) >= 11 is 2.84. The van der Waals surface area contributed by atoms with Gasteiger partial charge in [0.1, 0.15) is 6.54 Å². The lowest BCUT2D eigenvalue weighted by molar-refractivity contribution is -0.857. The van der Waals surface area contributed by atoms with Gasteiger partial charge in [-0.15, -0.1) is 22.7 Å². The topological polar surface area (TPSA) is 66.7 Å². The number of quaternary nitrogens is 1. The van der Waals surface area contributed by atoms with Crippen LogP contribution in [0, 0.1) is 13.8 Å². The molecule has 0 aliphatic heterocycles. The van der Waals surface area contributed by atoms with E-state index in [1.165, 1.54) is 27.6 Å². The molecule has 0 unspecified atom stereocenters. The molecule has 6 nitrogen and oxygen atoms in total. The Kier molecular flexibility index (Phi) is 6.47. The average molecular weight is 368 g/mol. The molecule has 8 heteroatoms. The molecule has 2 heterocycles. The highest BCUT2D eigenvalue weighted by Crippen LogP contribution is 2.21. The van der Waals surface area contributed by atoms with Crippen LogP contribution >= 0.6 is 22.7 Å². The summed E-state index contributed by atoms with van der Waals surface area (Å²) in [5, 5.41) is 5.24. The van der Waals surface area contributed by atoms with Gasteiger partial charge in [-0.2, -0.15) is 0 Å². The van der Waals surface area contributed by atoms with Gasteiger partial charge in [-0.25, -0.2) is 4.98 Å². The van der Waals surface area contributed by atoms with Crippen molar-refractivity contribution >= 4 is 39.6 Å². The minimum Gasteiger partial charge on any atom is -0.338 e. The third-order valence-electron chi connectivity index (χ3n) is 3.51. The van der Waals surface area contributed by atoms with Crippen LogP contribution in [0.3, 0.4) is 0 Å². The van der Waals surface area contributed by atoms with E-state index in [4.69, 9.17) is 0 Å². The molecule has 130 valence electrons. The summed E-state index contributed by atoms with van der Waals surface area (Å²) in [7, 11) is 4.05. The Morgan fingerprint density at radius 1 is 1.33 bits per heavy atom. The van der Waals surface area contributed by atoms with Gasteiger partial charge in [0.2, 0.25) is 5.91 Å². The summed E-state index contributed by atoms with van der Waals surface area (Å²) in [4.78, 5) is 33.8. The van der Waals surface area contributed by atoms with E-state index in [1.54, 1.807) is 11.0 Å². The molecule has 0 saturated heterocycles. The monoisotopic (exact) mass is 367 g/mol. The maximum absolute atomic E-state index is 12.6. The van der Waals surface area contributed by atoms with Crippen molar-refractivity contribution in [1.82, 2.24) is 9.88 Å². The first kappa shape index (κ1) is 18.6. The largest absolute Gasteiger partial charge is 0.338 e. The van der Waals surface area contributed by atoms with Crippen LogP contribution < -0.4 is 10.2 Å². The smallest absolute Gasteiger partial charge is 0.264 e. The fourth-order valence-electron chi connectivity index (χ4n) is 2.03. The van der Waals surface area contributed by atoms with Crippen molar-refractivity contribution in [3.63, 3.8) is 0 Å². The van der Waals surface area contributed by atoms with Crippen molar-refractivity contribution in [3.05, 3.63) is 33.0 Å². The van der Waals surface area contributed by atoms with Crippen molar-refractivity contribution in [1.29, 1.82) is 0 Å². The van der Waals surface area contributed by atoms with Crippen molar-refractivity contribution < 1.29 is 14.5 Å². The highest BCUT2D eigenvalue weighted by atomic mass is 32.1. The van der Waals surface area contributed by atoms with Gasteiger partial charge in [0.05, 0.1) is 37.8 Å². The number of hydrogen-bond acceptors (Lipinski definition) is 5. The van der Waals surface area contributed by atoms with Gasteiger partial charge in [-0.3, -0.25) is 9.59 Å². The quantitative estimate of drug-likeness (QED) is 0.769. The number of hydrogen-bond donors (Lipinski definition) is 2. The normalized spacial score (nSPS) is 10.9. The molecule has 0 spiro atoms. The predicted molar refractivity (Wildman–Crippen MR) is 98.1 cm³/mol. The van der Waals surface area contributed by atoms with Crippen molar-refractivity contribution in [2.24, 2.45) is 0 Å². The van der Waals surface area contributed by atoms with E-state index < -0.39 is 0 Å². The Balaban J connectivity index is 2.03. The van der Waals surface area contributed by atoms with Gasteiger partial charge in [-0.05, 0) is 25.3 Å². The third-order valence-corrected chi connectivity index (χ3v) is 5.36. The number of aromatic nitrogens is 1. The molecule has 0 aliphatic carbocycles. The van der Waals surface area contributed by atoms with Crippen molar-refractivity contribution in [3.8, 4) is 0 Å². The zero-order valence-corrected chi connectivity index (χ0v) is 16.0. The first-order valence-corrected chi connectivity index (χ1v) is 9.42. The van der Waals surface area contributed by atoms with Crippen LogP contribution in [0.25, 0.3) is 0 Å². The number of carbonyl (C=O) groups is 2. The van der Waals surface area contributed by atoms with Crippen molar-refractivity contribution in [2.45, 2.75) is 13.8 Å².